The van der Waals surface area contributed by atoms with E-state index in [-0.39, 0.29) is 0 Å². The third-order valence-electron chi connectivity index (χ3n) is 2.14. The zero-order valence-corrected chi connectivity index (χ0v) is 9.38. The number of benzene rings is 1. The molecule has 1 aromatic heterocycles. The van der Waals surface area contributed by atoms with Gasteiger partial charge in [-0.05, 0) is 23.6 Å². The van der Waals surface area contributed by atoms with Crippen molar-refractivity contribution in [1.82, 2.24) is 0 Å². The van der Waals surface area contributed by atoms with Gasteiger partial charge in [0, 0.05) is 11.4 Å². The van der Waals surface area contributed by atoms with Crippen molar-refractivity contribution in [3.05, 3.63) is 46.7 Å². The molecule has 0 unspecified atom stereocenters. The maximum atomic E-state index is 5.26. The summed E-state index contributed by atoms with van der Waals surface area (Å²) in [7, 11) is 1.69. The molecule has 0 radical (unpaired) electrons. The van der Waals surface area contributed by atoms with Crippen LogP contribution in [0.15, 0.2) is 41.8 Å². The molecule has 3 heteroatoms. The Labute approximate surface area is 93.5 Å². The molecular formula is C12H13NOS. The molecule has 1 aromatic carbocycles. The summed E-state index contributed by atoms with van der Waals surface area (Å²) in [5, 5.41) is 5.43. The summed E-state index contributed by atoms with van der Waals surface area (Å²) in [6.07, 6.45) is 0. The van der Waals surface area contributed by atoms with E-state index in [1.54, 1.807) is 18.4 Å². The number of hydrogen-bond acceptors (Lipinski definition) is 3. The van der Waals surface area contributed by atoms with Crippen LogP contribution in [0.5, 0.6) is 5.75 Å². The minimum Gasteiger partial charge on any atom is -0.495 e. The fraction of sp³-hybridized carbons (Fsp3) is 0.167. The molecule has 0 saturated heterocycles. The van der Waals surface area contributed by atoms with E-state index in [0.29, 0.717) is 0 Å². The molecule has 0 aliphatic carbocycles. The quantitative estimate of drug-likeness (QED) is 0.851. The van der Waals surface area contributed by atoms with Crippen molar-refractivity contribution in [2.45, 2.75) is 6.54 Å². The summed E-state index contributed by atoms with van der Waals surface area (Å²) < 4.78 is 5.26. The Morgan fingerprint density at radius 2 is 2.07 bits per heavy atom. The van der Waals surface area contributed by atoms with Gasteiger partial charge in [-0.2, -0.15) is 0 Å². The lowest BCUT2D eigenvalue weighted by Crippen LogP contribution is -1.99. The number of ether oxygens (including phenoxy) is 1. The SMILES string of the molecule is COc1ccccc1NCc1cccs1. The van der Waals surface area contributed by atoms with Crippen molar-refractivity contribution in [3.8, 4) is 5.75 Å². The minimum absolute atomic E-state index is 0.845. The van der Waals surface area contributed by atoms with Crippen molar-refractivity contribution in [1.29, 1.82) is 0 Å². The molecule has 78 valence electrons. The highest BCUT2D eigenvalue weighted by molar-refractivity contribution is 7.09. The summed E-state index contributed by atoms with van der Waals surface area (Å²) >= 11 is 1.75. The van der Waals surface area contributed by atoms with Crippen LogP contribution in [0, 0.1) is 0 Å². The molecular weight excluding hydrogens is 206 g/mol. The topological polar surface area (TPSA) is 21.3 Å². The number of nitrogens with one attached hydrogen (secondary N) is 1. The maximum Gasteiger partial charge on any atom is 0.141 e. The molecule has 0 bridgehead atoms. The molecule has 1 N–H and O–H groups in total. The van der Waals surface area contributed by atoms with Gasteiger partial charge in [-0.25, -0.2) is 0 Å². The summed E-state index contributed by atoms with van der Waals surface area (Å²) in [4.78, 5) is 1.32. The third-order valence-corrected chi connectivity index (χ3v) is 3.02. The largest absolute Gasteiger partial charge is 0.495 e. The molecule has 15 heavy (non-hydrogen) atoms. The van der Waals surface area contributed by atoms with Gasteiger partial charge in [0.05, 0.1) is 12.8 Å². The molecule has 0 aliphatic heterocycles. The van der Waals surface area contributed by atoms with Gasteiger partial charge in [-0.3, -0.25) is 0 Å². The minimum atomic E-state index is 0.845. The second-order valence-corrected chi connectivity index (χ2v) is 4.17. The Morgan fingerprint density at radius 1 is 1.20 bits per heavy atom. The number of rotatable bonds is 4. The van der Waals surface area contributed by atoms with Crippen LogP contribution in [0.25, 0.3) is 0 Å². The van der Waals surface area contributed by atoms with E-state index in [9.17, 15) is 0 Å². The van der Waals surface area contributed by atoms with Crippen LogP contribution in [0.2, 0.25) is 0 Å². The van der Waals surface area contributed by atoms with E-state index in [2.05, 4.69) is 22.8 Å². The van der Waals surface area contributed by atoms with Gasteiger partial charge >= 0.3 is 0 Å². The molecule has 0 saturated carbocycles. The number of para-hydroxylation sites is 2. The van der Waals surface area contributed by atoms with E-state index >= 15 is 0 Å². The van der Waals surface area contributed by atoms with Crippen LogP contribution in [0.1, 0.15) is 4.88 Å². The fourth-order valence-corrected chi connectivity index (χ4v) is 2.03. The molecule has 2 aromatic rings. The number of hydrogen-bond donors (Lipinski definition) is 1. The smallest absolute Gasteiger partial charge is 0.141 e. The molecule has 1 heterocycles. The van der Waals surface area contributed by atoms with Crippen LogP contribution in [-0.2, 0) is 6.54 Å². The van der Waals surface area contributed by atoms with Gasteiger partial charge in [-0.1, -0.05) is 18.2 Å². The summed E-state index contributed by atoms with van der Waals surface area (Å²) in [5.41, 5.74) is 1.04. The molecule has 0 atom stereocenters. The van der Waals surface area contributed by atoms with Crippen LogP contribution >= 0.6 is 11.3 Å². The van der Waals surface area contributed by atoms with E-state index in [1.165, 1.54) is 4.88 Å². The normalized spacial score (nSPS) is 9.93. The Kier molecular flexibility index (Phi) is 3.25. The zero-order chi connectivity index (χ0) is 10.5. The number of anilines is 1. The van der Waals surface area contributed by atoms with Crippen LogP contribution < -0.4 is 10.1 Å². The average molecular weight is 219 g/mol. The van der Waals surface area contributed by atoms with Gasteiger partial charge in [0.1, 0.15) is 5.75 Å². The lowest BCUT2D eigenvalue weighted by molar-refractivity contribution is 0.416. The molecule has 0 fully saturated rings. The Bertz CT molecular complexity index is 411. The highest BCUT2D eigenvalue weighted by Gasteiger charge is 2.00. The maximum absolute atomic E-state index is 5.26. The van der Waals surface area contributed by atoms with Gasteiger partial charge in [0.25, 0.3) is 0 Å². The first-order valence-electron chi connectivity index (χ1n) is 4.79. The lowest BCUT2D eigenvalue weighted by atomic mass is 10.3. The first kappa shape index (κ1) is 10.1. The molecule has 0 amide bonds. The van der Waals surface area contributed by atoms with Crippen molar-refractivity contribution in [2.75, 3.05) is 12.4 Å². The molecule has 0 spiro atoms. The average Bonchev–Trinajstić information content (AvgIpc) is 2.79. The first-order chi connectivity index (χ1) is 7.40. The first-order valence-corrected chi connectivity index (χ1v) is 5.67. The summed E-state index contributed by atoms with van der Waals surface area (Å²) in [6, 6.07) is 12.1. The van der Waals surface area contributed by atoms with Crippen molar-refractivity contribution < 1.29 is 4.74 Å². The second kappa shape index (κ2) is 4.84. The summed E-state index contributed by atoms with van der Waals surface area (Å²) in [6.45, 7) is 0.845. The van der Waals surface area contributed by atoms with Gasteiger partial charge in [0.2, 0.25) is 0 Å². The van der Waals surface area contributed by atoms with Crippen molar-refractivity contribution in [3.63, 3.8) is 0 Å². The Hall–Kier alpha value is -1.48. The second-order valence-electron chi connectivity index (χ2n) is 3.13. The van der Waals surface area contributed by atoms with Crippen LogP contribution in [-0.4, -0.2) is 7.11 Å². The van der Waals surface area contributed by atoms with Crippen LogP contribution in [0.3, 0.4) is 0 Å². The molecule has 2 rings (SSSR count). The van der Waals surface area contributed by atoms with E-state index < -0.39 is 0 Å². The van der Waals surface area contributed by atoms with E-state index in [0.717, 1.165) is 18.0 Å². The van der Waals surface area contributed by atoms with Crippen LogP contribution in [0.4, 0.5) is 5.69 Å². The van der Waals surface area contributed by atoms with Gasteiger partial charge in [-0.15, -0.1) is 11.3 Å². The Morgan fingerprint density at radius 3 is 2.80 bits per heavy atom. The predicted octanol–water partition coefficient (Wildman–Crippen LogP) is 3.37. The van der Waals surface area contributed by atoms with E-state index in [4.69, 9.17) is 4.74 Å². The van der Waals surface area contributed by atoms with Gasteiger partial charge in [0.15, 0.2) is 0 Å². The van der Waals surface area contributed by atoms with Gasteiger partial charge < -0.3 is 10.1 Å². The fourth-order valence-electron chi connectivity index (χ4n) is 1.39. The summed E-state index contributed by atoms with van der Waals surface area (Å²) in [5.74, 6) is 0.883. The third kappa shape index (κ3) is 2.50. The highest BCUT2D eigenvalue weighted by atomic mass is 32.1. The molecule has 0 aliphatic rings. The lowest BCUT2D eigenvalue weighted by Gasteiger charge is -2.09. The number of methoxy groups -OCH3 is 1. The zero-order valence-electron chi connectivity index (χ0n) is 8.57. The van der Waals surface area contributed by atoms with E-state index in [1.807, 2.05) is 24.3 Å². The van der Waals surface area contributed by atoms with Crippen molar-refractivity contribution >= 4 is 17.0 Å². The highest BCUT2D eigenvalue weighted by Crippen LogP contribution is 2.24. The van der Waals surface area contributed by atoms with Crippen molar-refractivity contribution in [2.24, 2.45) is 0 Å². The standard InChI is InChI=1S/C12H13NOS/c1-14-12-7-3-2-6-11(12)13-9-10-5-4-8-15-10/h2-8,13H,9H2,1H3. The Balaban J connectivity index is 2.04. The predicted molar refractivity (Wildman–Crippen MR) is 64.6 cm³/mol. The monoisotopic (exact) mass is 219 g/mol. The molecule has 2 nitrogen and oxygen atoms in total. The number of thiophene rings is 1.